The summed E-state index contributed by atoms with van der Waals surface area (Å²) in [4.78, 5) is 24.2. The number of rotatable bonds is 7. The first-order chi connectivity index (χ1) is 13.8. The van der Waals surface area contributed by atoms with Crippen LogP contribution in [0.4, 0.5) is 10.6 Å². The van der Waals surface area contributed by atoms with Crippen molar-refractivity contribution < 1.29 is 9.53 Å². The van der Waals surface area contributed by atoms with E-state index >= 15 is 0 Å². The number of nitrogens with one attached hydrogen (secondary N) is 3. The lowest BCUT2D eigenvalue weighted by Gasteiger charge is -2.19. The second-order valence-corrected chi connectivity index (χ2v) is 8.03. The minimum Gasteiger partial charge on any atom is -0.444 e. The van der Waals surface area contributed by atoms with E-state index < -0.39 is 5.60 Å². The van der Waals surface area contributed by atoms with E-state index in [0.717, 1.165) is 47.4 Å². The fourth-order valence-electron chi connectivity index (χ4n) is 3.03. The molecule has 0 aliphatic carbocycles. The largest absolute Gasteiger partial charge is 0.444 e. The highest BCUT2D eigenvalue weighted by Crippen LogP contribution is 2.26. The quantitative estimate of drug-likeness (QED) is 0.507. The van der Waals surface area contributed by atoms with Gasteiger partial charge in [-0.3, -0.25) is 0 Å². The molecule has 1 aromatic carbocycles. The van der Waals surface area contributed by atoms with Crippen molar-refractivity contribution in [2.75, 3.05) is 18.4 Å². The number of aryl methyl sites for hydroxylation is 1. The summed E-state index contributed by atoms with van der Waals surface area (Å²) >= 11 is 0. The van der Waals surface area contributed by atoms with Crippen molar-refractivity contribution in [2.24, 2.45) is 0 Å². The molecule has 0 fully saturated rings. The number of unbranched alkanes of at least 4 members (excludes halogenated alkanes) is 1. The Morgan fingerprint density at radius 3 is 2.72 bits per heavy atom. The number of H-pyrrole nitrogens is 1. The summed E-state index contributed by atoms with van der Waals surface area (Å²) in [6.07, 6.45) is 3.31. The lowest BCUT2D eigenvalue weighted by molar-refractivity contribution is 0.0527. The zero-order chi connectivity index (χ0) is 20.9. The number of alkyl carbamates (subject to hydrolysis) is 1. The van der Waals surface area contributed by atoms with Crippen LogP contribution < -0.4 is 10.6 Å². The number of hydrogen-bond donors (Lipinski definition) is 3. The third-order valence-corrected chi connectivity index (χ3v) is 4.27. The lowest BCUT2D eigenvalue weighted by atomic mass is 10.1. The average molecular weight is 396 g/mol. The van der Waals surface area contributed by atoms with E-state index in [1.807, 2.05) is 64.2 Å². The molecule has 0 atom stereocenters. The van der Waals surface area contributed by atoms with E-state index in [9.17, 15) is 4.79 Å². The van der Waals surface area contributed by atoms with Crippen molar-refractivity contribution in [3.63, 3.8) is 0 Å². The van der Waals surface area contributed by atoms with Crippen molar-refractivity contribution in [3.05, 3.63) is 42.2 Å². The number of carbonyl (C=O) groups excluding carboxylic acids is 1. The highest BCUT2D eigenvalue weighted by atomic mass is 16.6. The van der Waals surface area contributed by atoms with Gasteiger partial charge < -0.3 is 20.4 Å². The van der Waals surface area contributed by atoms with E-state index in [4.69, 9.17) is 9.72 Å². The number of anilines is 1. The van der Waals surface area contributed by atoms with Crippen LogP contribution in [0.25, 0.3) is 22.3 Å². The van der Waals surface area contributed by atoms with Crippen LogP contribution in [0, 0.1) is 6.92 Å². The summed E-state index contributed by atoms with van der Waals surface area (Å²) < 4.78 is 5.22. The molecule has 3 rings (SSSR count). The molecule has 0 aliphatic rings. The van der Waals surface area contributed by atoms with Crippen LogP contribution in [-0.4, -0.2) is 39.7 Å². The molecule has 0 unspecified atom stereocenters. The maximum absolute atomic E-state index is 11.6. The molecule has 7 heteroatoms. The van der Waals surface area contributed by atoms with Crippen molar-refractivity contribution >= 4 is 22.8 Å². The van der Waals surface area contributed by atoms with Crippen LogP contribution in [0.1, 0.15) is 39.3 Å². The van der Waals surface area contributed by atoms with Gasteiger partial charge in [-0.25, -0.2) is 14.8 Å². The molecule has 0 saturated carbocycles. The Bertz CT molecular complexity index is 975. The topological polar surface area (TPSA) is 91.9 Å². The van der Waals surface area contributed by atoms with Gasteiger partial charge in [-0.2, -0.15) is 0 Å². The molecular formula is C22H29N5O2. The number of ether oxygens (including phenoxy) is 1. The van der Waals surface area contributed by atoms with Crippen LogP contribution in [0.5, 0.6) is 0 Å². The van der Waals surface area contributed by atoms with Gasteiger partial charge in [0.2, 0.25) is 0 Å². The fourth-order valence-corrected chi connectivity index (χ4v) is 3.03. The highest BCUT2D eigenvalue weighted by molar-refractivity contribution is 5.93. The molecule has 0 bridgehead atoms. The Labute approximate surface area is 171 Å². The number of hydrogen-bond acceptors (Lipinski definition) is 5. The predicted molar refractivity (Wildman–Crippen MR) is 116 cm³/mol. The Kier molecular flexibility index (Phi) is 6.36. The fraction of sp³-hybridized carbons (Fsp3) is 0.409. The number of amides is 1. The third kappa shape index (κ3) is 5.94. The van der Waals surface area contributed by atoms with Gasteiger partial charge in [-0.05, 0) is 52.7 Å². The van der Waals surface area contributed by atoms with Gasteiger partial charge in [0.1, 0.15) is 11.4 Å². The minimum atomic E-state index is -0.473. The van der Waals surface area contributed by atoms with Gasteiger partial charge in [0.25, 0.3) is 0 Å². The number of benzene rings is 1. The summed E-state index contributed by atoms with van der Waals surface area (Å²) in [5.74, 6) is 1.52. The first kappa shape index (κ1) is 20.6. The number of carbonyl (C=O) groups is 1. The molecule has 3 aromatic rings. The Morgan fingerprint density at radius 1 is 1.14 bits per heavy atom. The van der Waals surface area contributed by atoms with Gasteiger partial charge in [0.15, 0.2) is 5.82 Å². The SMILES string of the molecule is Cc1cc(NCCCCNC(=O)OC(C)(C)C)nc(-c2cccc3[nH]ccc23)n1. The molecule has 29 heavy (non-hydrogen) atoms. The van der Waals surface area contributed by atoms with E-state index in [1.165, 1.54) is 0 Å². The van der Waals surface area contributed by atoms with E-state index in [0.29, 0.717) is 12.4 Å². The van der Waals surface area contributed by atoms with Crippen molar-refractivity contribution in [1.82, 2.24) is 20.3 Å². The standard InChI is InChI=1S/C22H29N5O2/c1-15-14-19(24-11-5-6-12-25-21(28)29-22(2,3)4)27-20(26-15)17-8-7-9-18-16(17)10-13-23-18/h7-10,13-14,23H,5-6,11-12H2,1-4H3,(H,25,28)(H,24,26,27). The zero-order valence-electron chi connectivity index (χ0n) is 17.5. The molecule has 2 heterocycles. The molecule has 154 valence electrons. The molecular weight excluding hydrogens is 366 g/mol. The average Bonchev–Trinajstić information content (AvgIpc) is 3.11. The van der Waals surface area contributed by atoms with Crippen LogP contribution >= 0.6 is 0 Å². The van der Waals surface area contributed by atoms with Crippen molar-refractivity contribution in [1.29, 1.82) is 0 Å². The molecule has 1 amide bonds. The predicted octanol–water partition coefficient (Wildman–Crippen LogP) is 4.65. The summed E-state index contributed by atoms with van der Waals surface area (Å²) in [6.45, 7) is 8.87. The Balaban J connectivity index is 1.52. The Hall–Kier alpha value is -3.09. The molecule has 2 aromatic heterocycles. The third-order valence-electron chi connectivity index (χ3n) is 4.27. The first-order valence-corrected chi connectivity index (χ1v) is 9.95. The smallest absolute Gasteiger partial charge is 0.407 e. The van der Waals surface area contributed by atoms with Gasteiger partial charge in [0, 0.05) is 47.5 Å². The van der Waals surface area contributed by atoms with E-state index in [1.54, 1.807) is 0 Å². The molecule has 0 radical (unpaired) electrons. The molecule has 0 saturated heterocycles. The second-order valence-electron chi connectivity index (χ2n) is 8.03. The van der Waals surface area contributed by atoms with Gasteiger partial charge in [-0.1, -0.05) is 12.1 Å². The molecule has 0 spiro atoms. The first-order valence-electron chi connectivity index (χ1n) is 9.95. The lowest BCUT2D eigenvalue weighted by Crippen LogP contribution is -2.33. The van der Waals surface area contributed by atoms with Gasteiger partial charge >= 0.3 is 6.09 Å². The Morgan fingerprint density at radius 2 is 1.93 bits per heavy atom. The number of fused-ring (bicyclic) bond motifs is 1. The van der Waals surface area contributed by atoms with Gasteiger partial charge in [0.05, 0.1) is 0 Å². The maximum atomic E-state index is 11.6. The molecule has 3 N–H and O–H groups in total. The summed E-state index contributed by atoms with van der Waals surface area (Å²) in [6, 6.07) is 10.1. The van der Waals surface area contributed by atoms with Crippen LogP contribution in [-0.2, 0) is 4.74 Å². The van der Waals surface area contributed by atoms with Gasteiger partial charge in [-0.15, -0.1) is 0 Å². The minimum absolute atomic E-state index is 0.375. The van der Waals surface area contributed by atoms with Crippen molar-refractivity contribution in [3.8, 4) is 11.4 Å². The number of nitrogens with zero attached hydrogens (tertiary/aromatic N) is 2. The van der Waals surface area contributed by atoms with E-state index in [2.05, 4.69) is 20.6 Å². The van der Waals surface area contributed by atoms with E-state index in [-0.39, 0.29) is 6.09 Å². The molecule has 0 aliphatic heterocycles. The number of aromatic amines is 1. The number of aromatic nitrogens is 3. The highest BCUT2D eigenvalue weighted by Gasteiger charge is 2.15. The normalized spacial score (nSPS) is 11.4. The zero-order valence-corrected chi connectivity index (χ0v) is 17.5. The summed E-state index contributed by atoms with van der Waals surface area (Å²) in [5, 5.41) is 7.24. The summed E-state index contributed by atoms with van der Waals surface area (Å²) in [5.41, 5.74) is 2.52. The monoisotopic (exact) mass is 395 g/mol. The molecule has 7 nitrogen and oxygen atoms in total. The maximum Gasteiger partial charge on any atom is 0.407 e. The van der Waals surface area contributed by atoms with Crippen molar-refractivity contribution in [2.45, 2.75) is 46.1 Å². The second kappa shape index (κ2) is 8.94. The van der Waals surface area contributed by atoms with Crippen LogP contribution in [0.15, 0.2) is 36.5 Å². The van der Waals surface area contributed by atoms with Crippen LogP contribution in [0.2, 0.25) is 0 Å². The van der Waals surface area contributed by atoms with Crippen LogP contribution in [0.3, 0.4) is 0 Å². The summed E-state index contributed by atoms with van der Waals surface area (Å²) in [7, 11) is 0.